The van der Waals surface area contributed by atoms with Gasteiger partial charge in [-0.05, 0) is 0 Å². The SMILES string of the molecule is CCCC.[Cl][Mg][Cl].[Cl][Mg][Cl]. The molecule has 0 radical (unpaired) electrons. The van der Waals surface area contributed by atoms with Crippen molar-refractivity contribution in [1.82, 2.24) is 0 Å². The summed E-state index contributed by atoms with van der Waals surface area (Å²) in [6, 6.07) is 0. The van der Waals surface area contributed by atoms with Gasteiger partial charge in [0.2, 0.25) is 0 Å². The predicted octanol–water partition coefficient (Wildman–Crippen LogP) is 3.80. The fraction of sp³-hybridized carbons (Fsp3) is 1.00. The van der Waals surface area contributed by atoms with Crippen LogP contribution in [0.4, 0.5) is 0 Å². The van der Waals surface area contributed by atoms with Crippen LogP contribution in [0.25, 0.3) is 0 Å². The van der Waals surface area contributed by atoms with Crippen molar-refractivity contribution in [3.63, 3.8) is 0 Å². The van der Waals surface area contributed by atoms with Gasteiger partial charge in [-0.1, -0.05) is 26.7 Å². The Morgan fingerprint density at radius 1 is 0.800 bits per heavy atom. The van der Waals surface area contributed by atoms with E-state index in [1.54, 1.807) is 0 Å². The topological polar surface area (TPSA) is 0 Å². The van der Waals surface area contributed by atoms with E-state index in [4.69, 9.17) is 36.3 Å². The minimum atomic E-state index is -0.639. The lowest BCUT2D eigenvalue weighted by molar-refractivity contribution is 0.886. The van der Waals surface area contributed by atoms with Crippen molar-refractivity contribution < 1.29 is 0 Å². The van der Waals surface area contributed by atoms with Crippen molar-refractivity contribution >= 4 is 72.6 Å². The number of rotatable bonds is 1. The van der Waals surface area contributed by atoms with Crippen molar-refractivity contribution in [3.05, 3.63) is 0 Å². The molecule has 0 atom stereocenters. The van der Waals surface area contributed by atoms with E-state index in [1.165, 1.54) is 12.8 Å². The van der Waals surface area contributed by atoms with Gasteiger partial charge >= 0.3 is 36.3 Å². The Labute approximate surface area is 97.9 Å². The molecule has 0 rings (SSSR count). The number of unbranched alkanes of at least 4 members (excludes halogenated alkanes) is 1. The van der Waals surface area contributed by atoms with E-state index in [-0.39, 0.29) is 0 Å². The zero-order valence-electron chi connectivity index (χ0n) is 6.34. The summed E-state index contributed by atoms with van der Waals surface area (Å²) in [7, 11) is 19.6. The molecule has 0 spiro atoms. The van der Waals surface area contributed by atoms with Crippen LogP contribution in [0.3, 0.4) is 0 Å². The Bertz CT molecular complexity index is 27.2. The molecular weight excluding hydrogens is 238 g/mol. The Hall–Kier alpha value is 2.69. The van der Waals surface area contributed by atoms with Gasteiger partial charge in [0.1, 0.15) is 0 Å². The van der Waals surface area contributed by atoms with Crippen molar-refractivity contribution in [1.29, 1.82) is 0 Å². The largest absolute Gasteiger partial charge is 0.618 e. The summed E-state index contributed by atoms with van der Waals surface area (Å²) in [6.45, 7) is 4.36. The van der Waals surface area contributed by atoms with E-state index in [0.29, 0.717) is 0 Å². The molecule has 0 saturated heterocycles. The van der Waals surface area contributed by atoms with Crippen LogP contribution in [0.1, 0.15) is 26.7 Å². The minimum Gasteiger partial charge on any atom is -0.309 e. The van der Waals surface area contributed by atoms with Crippen molar-refractivity contribution in [3.8, 4) is 0 Å². The van der Waals surface area contributed by atoms with Gasteiger partial charge in [0, 0.05) is 0 Å². The highest BCUT2D eigenvalue weighted by Gasteiger charge is 1.65. The third kappa shape index (κ3) is 73.7. The molecule has 0 saturated carbocycles. The Morgan fingerprint density at radius 3 is 0.900 bits per heavy atom. The standard InChI is InChI=1S/C4H10.4ClH.2Mg/c1-3-4-2;;;;;;/h3-4H2,1-2H3;4*1H;;/q;;;;;2*+2/p-4. The third-order valence-electron chi connectivity index (χ3n) is 0.500. The maximum atomic E-state index is 4.90. The van der Waals surface area contributed by atoms with E-state index in [1.807, 2.05) is 0 Å². The first-order valence-corrected chi connectivity index (χ1v) is 11.5. The lowest BCUT2D eigenvalue weighted by atomic mass is 10.4. The normalized spacial score (nSPS) is 5.00. The van der Waals surface area contributed by atoms with Crippen molar-refractivity contribution in [2.75, 3.05) is 0 Å². The van der Waals surface area contributed by atoms with Gasteiger partial charge < -0.3 is 36.3 Å². The molecule has 0 aliphatic rings. The van der Waals surface area contributed by atoms with Gasteiger partial charge in [0.25, 0.3) is 0 Å². The van der Waals surface area contributed by atoms with Crippen LogP contribution in [0.2, 0.25) is 0 Å². The van der Waals surface area contributed by atoms with Crippen molar-refractivity contribution in [2.24, 2.45) is 0 Å². The molecule has 0 amide bonds. The van der Waals surface area contributed by atoms with Crippen LogP contribution in [0.15, 0.2) is 0 Å². The highest BCUT2D eigenvalue weighted by Crippen LogP contribution is 1.76. The van der Waals surface area contributed by atoms with Gasteiger partial charge in [-0.3, -0.25) is 0 Å². The zero-order chi connectivity index (χ0) is 8.83. The van der Waals surface area contributed by atoms with Crippen LogP contribution in [-0.4, -0.2) is 36.3 Å². The maximum Gasteiger partial charge on any atom is 0.618 e. The lowest BCUT2D eigenvalue weighted by Gasteiger charge is -1.68. The molecule has 6 heteroatoms. The van der Waals surface area contributed by atoms with E-state index < -0.39 is 36.3 Å². The molecule has 0 aromatic rings. The first-order valence-electron chi connectivity index (χ1n) is 2.98. The molecule has 0 nitrogen and oxygen atoms in total. The average molecular weight is 249 g/mol. The molecule has 0 aromatic carbocycles. The molecule has 58 valence electrons. The summed E-state index contributed by atoms with van der Waals surface area (Å²) in [6.07, 6.45) is 2.64. The second kappa shape index (κ2) is 29.8. The van der Waals surface area contributed by atoms with E-state index >= 15 is 0 Å². The summed E-state index contributed by atoms with van der Waals surface area (Å²) in [4.78, 5) is 0. The van der Waals surface area contributed by atoms with E-state index in [2.05, 4.69) is 13.8 Å². The molecule has 0 aromatic heterocycles. The van der Waals surface area contributed by atoms with E-state index in [9.17, 15) is 0 Å². The average Bonchev–Trinajstić information content (AvgIpc) is 1.91. The van der Waals surface area contributed by atoms with Crippen LogP contribution >= 0.6 is 36.3 Å². The highest BCUT2D eigenvalue weighted by atomic mass is 35.6. The van der Waals surface area contributed by atoms with Crippen LogP contribution in [-0.2, 0) is 0 Å². The van der Waals surface area contributed by atoms with Crippen LogP contribution in [0, 0.1) is 0 Å². The fourth-order valence-corrected chi connectivity index (χ4v) is 0. The van der Waals surface area contributed by atoms with Crippen LogP contribution < -0.4 is 0 Å². The third-order valence-corrected chi connectivity index (χ3v) is 0.500. The summed E-state index contributed by atoms with van der Waals surface area (Å²) < 4.78 is 0. The predicted molar refractivity (Wildman–Crippen MR) is 55.5 cm³/mol. The molecule has 0 N–H and O–H groups in total. The fourth-order valence-electron chi connectivity index (χ4n) is 0. The number of hydrogen-bond acceptors (Lipinski definition) is 0. The molecule has 0 heterocycles. The Morgan fingerprint density at radius 2 is 0.900 bits per heavy atom. The summed E-state index contributed by atoms with van der Waals surface area (Å²) in [5.41, 5.74) is 0. The molecule has 0 aliphatic heterocycles. The summed E-state index contributed by atoms with van der Waals surface area (Å²) >= 11 is -1.28. The van der Waals surface area contributed by atoms with Gasteiger partial charge in [0.05, 0.1) is 0 Å². The monoisotopic (exact) mass is 246 g/mol. The molecule has 0 unspecified atom stereocenters. The molecular formula is C4H10Cl4Mg2. The quantitative estimate of drug-likeness (QED) is 0.619. The Balaban J connectivity index is -0.0000000750. The van der Waals surface area contributed by atoms with Gasteiger partial charge in [0.15, 0.2) is 0 Å². The minimum absolute atomic E-state index is 0.639. The van der Waals surface area contributed by atoms with Crippen LogP contribution in [0.5, 0.6) is 0 Å². The lowest BCUT2D eigenvalue weighted by Crippen LogP contribution is -1.47. The van der Waals surface area contributed by atoms with Gasteiger partial charge in [-0.15, -0.1) is 0 Å². The zero-order valence-corrected chi connectivity index (χ0v) is 12.2. The van der Waals surface area contributed by atoms with E-state index in [0.717, 1.165) is 0 Å². The summed E-state index contributed by atoms with van der Waals surface area (Å²) in [5, 5.41) is 0. The molecule has 0 bridgehead atoms. The molecule has 0 aliphatic carbocycles. The Kier molecular flexibility index (Phi) is 55.1. The maximum absolute atomic E-state index is 4.90. The number of hydrogen-bond donors (Lipinski definition) is 0. The highest BCUT2D eigenvalue weighted by molar-refractivity contribution is 7.22. The van der Waals surface area contributed by atoms with Crippen molar-refractivity contribution in [2.45, 2.75) is 26.7 Å². The number of halogens is 4. The second-order valence-corrected chi connectivity index (χ2v) is 6.45. The summed E-state index contributed by atoms with van der Waals surface area (Å²) in [5.74, 6) is 0. The van der Waals surface area contributed by atoms with Gasteiger partial charge in [-0.25, -0.2) is 0 Å². The smallest absolute Gasteiger partial charge is 0.309 e. The molecule has 0 fully saturated rings. The second-order valence-electron chi connectivity index (χ2n) is 1.20. The van der Waals surface area contributed by atoms with Gasteiger partial charge in [-0.2, -0.15) is 0 Å². The first-order chi connectivity index (χ1) is 4.74. The first kappa shape index (κ1) is 18.5. The molecule has 10 heavy (non-hydrogen) atoms.